The van der Waals surface area contributed by atoms with E-state index in [1.54, 1.807) is 12.2 Å². The van der Waals surface area contributed by atoms with Crippen LogP contribution in [0.4, 0.5) is 10.3 Å². The van der Waals surface area contributed by atoms with E-state index in [4.69, 9.17) is 10.5 Å². The Hall–Kier alpha value is -2.57. The highest BCUT2D eigenvalue weighted by atomic mass is 19.1. The van der Waals surface area contributed by atoms with Gasteiger partial charge in [-0.2, -0.15) is 9.37 Å². The lowest BCUT2D eigenvalue weighted by Crippen LogP contribution is -1.98. The van der Waals surface area contributed by atoms with Crippen molar-refractivity contribution in [3.63, 3.8) is 0 Å². The Labute approximate surface area is 102 Å². The van der Waals surface area contributed by atoms with Gasteiger partial charge in [0, 0.05) is 24.2 Å². The molecule has 0 atom stereocenters. The molecule has 18 heavy (non-hydrogen) atoms. The van der Waals surface area contributed by atoms with E-state index in [2.05, 4.69) is 19.9 Å². The topological polar surface area (TPSA) is 86.8 Å². The van der Waals surface area contributed by atoms with Crippen molar-refractivity contribution in [1.82, 2.24) is 19.9 Å². The Balaban J connectivity index is 2.25. The summed E-state index contributed by atoms with van der Waals surface area (Å²) in [5.74, 6) is 0.496. The molecule has 0 spiro atoms. The first-order valence-electron chi connectivity index (χ1n) is 5.01. The minimum atomic E-state index is -0.763. The number of methoxy groups -OCH3 is 1. The minimum Gasteiger partial charge on any atom is -0.480 e. The summed E-state index contributed by atoms with van der Waals surface area (Å²) in [5, 5.41) is 0. The van der Waals surface area contributed by atoms with Gasteiger partial charge in [-0.3, -0.25) is 0 Å². The van der Waals surface area contributed by atoms with Gasteiger partial charge in [-0.05, 0) is 6.08 Å². The first-order valence-corrected chi connectivity index (χ1v) is 5.01. The van der Waals surface area contributed by atoms with Crippen molar-refractivity contribution in [3.8, 4) is 5.88 Å². The van der Waals surface area contributed by atoms with E-state index >= 15 is 0 Å². The first-order chi connectivity index (χ1) is 8.69. The molecule has 0 aliphatic carbocycles. The van der Waals surface area contributed by atoms with Crippen LogP contribution in [0.15, 0.2) is 18.6 Å². The van der Waals surface area contributed by atoms with Crippen molar-refractivity contribution < 1.29 is 9.13 Å². The van der Waals surface area contributed by atoms with Crippen molar-refractivity contribution in [2.24, 2.45) is 0 Å². The van der Waals surface area contributed by atoms with Crippen molar-refractivity contribution in [3.05, 3.63) is 35.8 Å². The van der Waals surface area contributed by atoms with Crippen LogP contribution in [0.25, 0.3) is 12.2 Å². The Kier molecular flexibility index (Phi) is 3.42. The molecule has 0 radical (unpaired) electrons. The number of hydrogen-bond acceptors (Lipinski definition) is 6. The molecular weight excluding hydrogens is 237 g/mol. The molecule has 2 aromatic heterocycles. The largest absolute Gasteiger partial charge is 0.480 e. The number of nitrogens with zero attached hydrogens (tertiary/aromatic N) is 4. The van der Waals surface area contributed by atoms with Crippen LogP contribution in [-0.2, 0) is 0 Å². The quantitative estimate of drug-likeness (QED) is 0.819. The molecule has 7 heteroatoms. The van der Waals surface area contributed by atoms with Crippen LogP contribution in [0.3, 0.4) is 0 Å². The standard InChI is InChI=1S/C11H10FN5O/c1-18-9-8(6-16-11(13)17-9)3-2-7-4-14-10(12)15-5-7/h2-6H,1H3,(H2,13,16,17)/b3-2+. The van der Waals surface area contributed by atoms with Gasteiger partial charge in [0.15, 0.2) is 0 Å². The zero-order chi connectivity index (χ0) is 13.0. The van der Waals surface area contributed by atoms with Gasteiger partial charge in [0.1, 0.15) is 0 Å². The summed E-state index contributed by atoms with van der Waals surface area (Å²) < 4.78 is 17.6. The SMILES string of the molecule is COc1nc(N)ncc1/C=C/c1cnc(F)nc1. The molecule has 0 aliphatic rings. The van der Waals surface area contributed by atoms with Gasteiger partial charge in [0.05, 0.1) is 12.7 Å². The van der Waals surface area contributed by atoms with Gasteiger partial charge >= 0.3 is 6.08 Å². The molecule has 2 rings (SSSR count). The predicted molar refractivity (Wildman–Crippen MR) is 63.9 cm³/mol. The highest BCUT2D eigenvalue weighted by molar-refractivity contribution is 5.70. The van der Waals surface area contributed by atoms with Crippen LogP contribution < -0.4 is 10.5 Å². The lowest BCUT2D eigenvalue weighted by molar-refractivity contribution is 0.396. The van der Waals surface area contributed by atoms with E-state index in [9.17, 15) is 4.39 Å². The molecule has 2 aromatic rings. The molecule has 0 amide bonds. The molecule has 0 saturated heterocycles. The monoisotopic (exact) mass is 247 g/mol. The van der Waals surface area contributed by atoms with Gasteiger partial charge < -0.3 is 10.5 Å². The molecule has 92 valence electrons. The maximum Gasteiger partial charge on any atom is 0.308 e. The number of ether oxygens (including phenoxy) is 1. The summed E-state index contributed by atoms with van der Waals surface area (Å²) in [6, 6.07) is 0. The van der Waals surface area contributed by atoms with Gasteiger partial charge in [0.25, 0.3) is 0 Å². The smallest absolute Gasteiger partial charge is 0.308 e. The fourth-order valence-corrected chi connectivity index (χ4v) is 1.26. The zero-order valence-electron chi connectivity index (χ0n) is 9.54. The number of anilines is 1. The number of aromatic nitrogens is 4. The molecule has 0 aliphatic heterocycles. The average molecular weight is 247 g/mol. The number of hydrogen-bond donors (Lipinski definition) is 1. The Morgan fingerprint density at radius 3 is 2.56 bits per heavy atom. The summed E-state index contributed by atoms with van der Waals surface area (Å²) in [6.45, 7) is 0. The predicted octanol–water partition coefficient (Wildman–Crippen LogP) is 1.17. The van der Waals surface area contributed by atoms with Crippen molar-refractivity contribution in [2.45, 2.75) is 0 Å². The van der Waals surface area contributed by atoms with E-state index < -0.39 is 6.08 Å². The molecule has 6 nitrogen and oxygen atoms in total. The second-order valence-electron chi connectivity index (χ2n) is 3.31. The Morgan fingerprint density at radius 2 is 1.89 bits per heavy atom. The minimum absolute atomic E-state index is 0.133. The third-order valence-corrected chi connectivity index (χ3v) is 2.09. The van der Waals surface area contributed by atoms with Crippen LogP contribution in [0, 0.1) is 6.08 Å². The average Bonchev–Trinajstić information content (AvgIpc) is 2.39. The Morgan fingerprint density at radius 1 is 1.17 bits per heavy atom. The summed E-state index contributed by atoms with van der Waals surface area (Å²) in [6.07, 6.45) is 6.89. The molecule has 0 unspecified atom stereocenters. The highest BCUT2D eigenvalue weighted by Gasteiger charge is 2.02. The molecule has 2 heterocycles. The molecular formula is C11H10FN5O. The van der Waals surface area contributed by atoms with Crippen LogP contribution in [-0.4, -0.2) is 27.0 Å². The fourth-order valence-electron chi connectivity index (χ4n) is 1.26. The van der Waals surface area contributed by atoms with Crippen LogP contribution in [0.1, 0.15) is 11.1 Å². The highest BCUT2D eigenvalue weighted by Crippen LogP contribution is 2.17. The van der Waals surface area contributed by atoms with E-state index in [1.807, 2.05) is 0 Å². The van der Waals surface area contributed by atoms with Crippen molar-refractivity contribution in [2.75, 3.05) is 12.8 Å². The third kappa shape index (κ3) is 2.76. The number of nitrogens with two attached hydrogens (primary N) is 1. The molecule has 0 aromatic carbocycles. The number of halogens is 1. The van der Waals surface area contributed by atoms with Crippen LogP contribution in [0.2, 0.25) is 0 Å². The fraction of sp³-hybridized carbons (Fsp3) is 0.0909. The molecule has 0 saturated carbocycles. The van der Waals surface area contributed by atoms with E-state index in [0.717, 1.165) is 0 Å². The summed E-state index contributed by atoms with van der Waals surface area (Å²) >= 11 is 0. The zero-order valence-corrected chi connectivity index (χ0v) is 9.54. The number of nitrogen functional groups attached to an aromatic ring is 1. The molecule has 2 N–H and O–H groups in total. The van der Waals surface area contributed by atoms with Crippen molar-refractivity contribution in [1.29, 1.82) is 0 Å². The first kappa shape index (κ1) is 11.9. The second kappa shape index (κ2) is 5.17. The summed E-state index contributed by atoms with van der Waals surface area (Å²) in [7, 11) is 1.49. The summed E-state index contributed by atoms with van der Waals surface area (Å²) in [4.78, 5) is 14.7. The maximum atomic E-state index is 12.5. The molecule has 0 bridgehead atoms. The molecule has 0 fully saturated rings. The third-order valence-electron chi connectivity index (χ3n) is 2.09. The van der Waals surface area contributed by atoms with Crippen molar-refractivity contribution >= 4 is 18.1 Å². The van der Waals surface area contributed by atoms with Gasteiger partial charge in [0.2, 0.25) is 11.8 Å². The van der Waals surface area contributed by atoms with Gasteiger partial charge in [-0.25, -0.2) is 15.0 Å². The normalized spacial score (nSPS) is 10.8. The van der Waals surface area contributed by atoms with Gasteiger partial charge in [-0.15, -0.1) is 0 Å². The maximum absolute atomic E-state index is 12.5. The second-order valence-corrected chi connectivity index (χ2v) is 3.31. The van der Waals surface area contributed by atoms with E-state index in [0.29, 0.717) is 17.0 Å². The van der Waals surface area contributed by atoms with Crippen LogP contribution >= 0.6 is 0 Å². The Bertz CT molecular complexity index is 570. The lowest BCUT2D eigenvalue weighted by Gasteiger charge is -2.03. The van der Waals surface area contributed by atoms with E-state index in [1.165, 1.54) is 25.7 Å². The van der Waals surface area contributed by atoms with Crippen LogP contribution in [0.5, 0.6) is 5.88 Å². The van der Waals surface area contributed by atoms with Gasteiger partial charge in [-0.1, -0.05) is 6.08 Å². The lowest BCUT2D eigenvalue weighted by atomic mass is 10.2. The summed E-state index contributed by atoms with van der Waals surface area (Å²) in [5.41, 5.74) is 6.74. The van der Waals surface area contributed by atoms with E-state index in [-0.39, 0.29) is 5.95 Å². The number of rotatable bonds is 3.